The van der Waals surface area contributed by atoms with Gasteiger partial charge in [0.1, 0.15) is 17.2 Å². The van der Waals surface area contributed by atoms with E-state index in [1.807, 2.05) is 0 Å². The molecule has 2 heterocycles. The first-order chi connectivity index (χ1) is 15.1. The number of ketones is 1. The van der Waals surface area contributed by atoms with E-state index in [1.54, 1.807) is 0 Å². The molecule has 0 aromatic heterocycles. The molecule has 1 saturated heterocycles. The molecule has 1 fully saturated rings. The number of phosphoric ester groups is 1. The standard InChI is InChI=1S/C21H13O10P/c22-11-3-1-9(2-4-11)20-16-14-8-15(25)18(17(16)26)29-32(28,30-20)31-21(20,19(14)27)10-5-12(23)7-13(24)6-10/h1-8,22-26H. The summed E-state index contributed by atoms with van der Waals surface area (Å²) in [6, 6.07) is 9.65. The highest BCUT2D eigenvalue weighted by molar-refractivity contribution is 7.49. The van der Waals surface area contributed by atoms with Crippen LogP contribution in [0.15, 0.2) is 48.5 Å². The SMILES string of the molecule is O=C1c2cc(O)c3c(O)c2C2(c4ccc(O)cc4)OP(=O)(O3)OC12c1cc(O)cc(O)c1. The van der Waals surface area contributed by atoms with Crippen LogP contribution in [0.2, 0.25) is 0 Å². The number of hydrogen-bond acceptors (Lipinski definition) is 10. The first-order valence-corrected chi connectivity index (χ1v) is 10.8. The van der Waals surface area contributed by atoms with Crippen molar-refractivity contribution in [3.63, 3.8) is 0 Å². The molecular formula is C21H13O10P. The topological polar surface area (TPSA) is 163 Å². The summed E-state index contributed by atoms with van der Waals surface area (Å²) in [7, 11) is -4.67. The van der Waals surface area contributed by atoms with Crippen molar-refractivity contribution in [3.8, 4) is 34.5 Å². The maximum atomic E-state index is 13.9. The van der Waals surface area contributed by atoms with Gasteiger partial charge in [-0.3, -0.25) is 13.8 Å². The quantitative estimate of drug-likeness (QED) is 0.362. The van der Waals surface area contributed by atoms with Crippen molar-refractivity contribution in [2.24, 2.45) is 0 Å². The molecule has 3 unspecified atom stereocenters. The second-order valence-corrected chi connectivity index (χ2v) is 9.14. The summed E-state index contributed by atoms with van der Waals surface area (Å²) in [5.74, 6) is -3.71. The number of hydrogen-bond donors (Lipinski definition) is 5. The van der Waals surface area contributed by atoms with E-state index >= 15 is 0 Å². The highest BCUT2D eigenvalue weighted by Crippen LogP contribution is 2.80. The molecule has 3 atom stereocenters. The Kier molecular flexibility index (Phi) is 3.29. The van der Waals surface area contributed by atoms with E-state index < -0.39 is 53.6 Å². The minimum absolute atomic E-state index is 0.112. The number of rotatable bonds is 2. The molecule has 0 amide bonds. The Bertz CT molecular complexity index is 1390. The first-order valence-electron chi connectivity index (χ1n) is 9.30. The zero-order chi connectivity index (χ0) is 22.6. The van der Waals surface area contributed by atoms with Crippen LogP contribution in [0.4, 0.5) is 0 Å². The predicted octanol–water partition coefficient (Wildman–Crippen LogP) is 3.10. The van der Waals surface area contributed by atoms with E-state index in [0.29, 0.717) is 0 Å². The van der Waals surface area contributed by atoms with Gasteiger partial charge in [0.15, 0.2) is 17.1 Å². The van der Waals surface area contributed by atoms with Gasteiger partial charge in [-0.15, -0.1) is 0 Å². The summed E-state index contributed by atoms with van der Waals surface area (Å²) in [4.78, 5) is 13.9. The molecule has 0 radical (unpaired) electrons. The van der Waals surface area contributed by atoms with Gasteiger partial charge < -0.3 is 30.1 Å². The molecule has 4 bridgehead atoms. The number of phenols is 5. The molecule has 3 aromatic rings. The van der Waals surface area contributed by atoms with Crippen LogP contribution in [-0.4, -0.2) is 31.3 Å². The minimum atomic E-state index is -4.67. The highest BCUT2D eigenvalue weighted by Gasteiger charge is 2.79. The number of Topliss-reactive ketones (excluding diaryl/α,β-unsaturated/α-hetero) is 1. The summed E-state index contributed by atoms with van der Waals surface area (Å²) in [6.45, 7) is 0. The Balaban J connectivity index is 1.83. The van der Waals surface area contributed by atoms with Crippen LogP contribution in [0.1, 0.15) is 27.0 Å². The Labute approximate surface area is 179 Å². The molecule has 1 aliphatic carbocycles. The van der Waals surface area contributed by atoms with Gasteiger partial charge in [0, 0.05) is 22.8 Å². The molecule has 0 spiro atoms. The number of phenolic OH excluding ortho intramolecular Hbond substituents is 5. The van der Waals surface area contributed by atoms with Crippen LogP contribution in [-0.2, 0) is 24.8 Å². The lowest BCUT2D eigenvalue weighted by molar-refractivity contribution is -0.00294. The van der Waals surface area contributed by atoms with Crippen LogP contribution in [0, 0.1) is 0 Å². The lowest BCUT2D eigenvalue weighted by atomic mass is 9.73. The van der Waals surface area contributed by atoms with Crippen molar-refractivity contribution in [2.75, 3.05) is 0 Å². The normalized spacial score (nSPS) is 29.2. The fraction of sp³-hybridized carbons (Fsp3) is 0.0952. The average molecular weight is 456 g/mol. The van der Waals surface area contributed by atoms with Crippen molar-refractivity contribution < 1.29 is 48.5 Å². The smallest absolute Gasteiger partial charge is 0.508 e. The molecule has 6 rings (SSSR count). The fourth-order valence-corrected chi connectivity index (χ4v) is 6.62. The highest BCUT2D eigenvalue weighted by atomic mass is 31.2. The third kappa shape index (κ3) is 1.97. The van der Waals surface area contributed by atoms with Gasteiger partial charge >= 0.3 is 7.82 Å². The minimum Gasteiger partial charge on any atom is -0.508 e. The third-order valence-electron chi connectivity index (χ3n) is 5.93. The Morgan fingerprint density at radius 3 is 2.03 bits per heavy atom. The zero-order valence-electron chi connectivity index (χ0n) is 15.8. The third-order valence-corrected chi connectivity index (χ3v) is 7.33. The Morgan fingerprint density at radius 1 is 0.750 bits per heavy atom. The Hall–Kier alpha value is -3.72. The van der Waals surface area contributed by atoms with Crippen molar-refractivity contribution in [1.82, 2.24) is 0 Å². The maximum Gasteiger partial charge on any atom is 0.533 e. The van der Waals surface area contributed by atoms with Crippen LogP contribution >= 0.6 is 7.82 Å². The number of benzene rings is 3. The number of carbonyl (C=O) groups excluding carboxylic acids is 1. The summed E-state index contributed by atoms with van der Waals surface area (Å²) >= 11 is 0. The molecule has 162 valence electrons. The number of phosphoric acid groups is 1. The lowest BCUT2D eigenvalue weighted by Gasteiger charge is -2.36. The monoisotopic (exact) mass is 456 g/mol. The Morgan fingerprint density at radius 2 is 1.38 bits per heavy atom. The second kappa shape index (κ2) is 5.55. The molecular weight excluding hydrogens is 443 g/mol. The van der Waals surface area contributed by atoms with Crippen LogP contribution in [0.3, 0.4) is 0 Å². The average Bonchev–Trinajstić information content (AvgIpc) is 3.09. The largest absolute Gasteiger partial charge is 0.533 e. The van der Waals surface area contributed by atoms with Gasteiger partial charge in [-0.2, -0.15) is 0 Å². The van der Waals surface area contributed by atoms with E-state index in [2.05, 4.69) is 0 Å². The van der Waals surface area contributed by atoms with Crippen LogP contribution in [0.5, 0.6) is 34.5 Å². The van der Waals surface area contributed by atoms with Gasteiger partial charge in [0.25, 0.3) is 0 Å². The van der Waals surface area contributed by atoms with Gasteiger partial charge in [-0.05, 0) is 35.9 Å². The van der Waals surface area contributed by atoms with Crippen LogP contribution < -0.4 is 4.52 Å². The van der Waals surface area contributed by atoms with Crippen molar-refractivity contribution >= 4 is 13.6 Å². The second-order valence-electron chi connectivity index (χ2n) is 7.69. The number of aromatic hydroxyl groups is 5. The van der Waals surface area contributed by atoms with Crippen molar-refractivity contribution in [3.05, 3.63) is 70.8 Å². The van der Waals surface area contributed by atoms with Crippen molar-refractivity contribution in [2.45, 2.75) is 11.2 Å². The number of carbonyl (C=O) groups is 1. The maximum absolute atomic E-state index is 13.9. The van der Waals surface area contributed by atoms with E-state index in [0.717, 1.165) is 24.3 Å². The summed E-state index contributed by atoms with van der Waals surface area (Å²) in [6.07, 6.45) is 0. The van der Waals surface area contributed by atoms with E-state index in [-0.39, 0.29) is 28.0 Å². The van der Waals surface area contributed by atoms with E-state index in [9.17, 15) is 34.9 Å². The molecule has 3 aromatic carbocycles. The molecule has 0 saturated carbocycles. The fourth-order valence-electron chi connectivity index (χ4n) is 4.79. The molecule has 3 aliphatic rings. The molecule has 2 aliphatic heterocycles. The van der Waals surface area contributed by atoms with E-state index in [4.69, 9.17) is 13.6 Å². The summed E-state index contributed by atoms with van der Waals surface area (Å²) < 4.78 is 30.5. The molecule has 32 heavy (non-hydrogen) atoms. The molecule has 10 nitrogen and oxygen atoms in total. The van der Waals surface area contributed by atoms with Gasteiger partial charge in [0.2, 0.25) is 17.1 Å². The summed E-state index contributed by atoms with van der Waals surface area (Å²) in [5.41, 5.74) is -4.77. The summed E-state index contributed by atoms with van der Waals surface area (Å²) in [5, 5.41) is 51.3. The molecule has 11 heteroatoms. The van der Waals surface area contributed by atoms with Gasteiger partial charge in [0.05, 0.1) is 0 Å². The predicted molar refractivity (Wildman–Crippen MR) is 105 cm³/mol. The van der Waals surface area contributed by atoms with Gasteiger partial charge in [-0.1, -0.05) is 12.1 Å². The number of fused-ring (bicyclic) bond motifs is 2. The molecule has 5 N–H and O–H groups in total. The lowest BCUT2D eigenvalue weighted by Crippen LogP contribution is -2.48. The van der Waals surface area contributed by atoms with Crippen molar-refractivity contribution in [1.29, 1.82) is 0 Å². The van der Waals surface area contributed by atoms with E-state index in [1.165, 1.54) is 24.3 Å². The zero-order valence-corrected chi connectivity index (χ0v) is 16.7. The van der Waals surface area contributed by atoms with Gasteiger partial charge in [-0.25, -0.2) is 4.57 Å². The first kappa shape index (κ1) is 19.0. The van der Waals surface area contributed by atoms with Crippen LogP contribution in [0.25, 0.3) is 0 Å².